The highest BCUT2D eigenvalue weighted by atomic mass is 19.1. The van der Waals surface area contributed by atoms with Gasteiger partial charge >= 0.3 is 0 Å². The van der Waals surface area contributed by atoms with Crippen molar-refractivity contribution >= 4 is 0 Å². The Morgan fingerprint density at radius 2 is 2.13 bits per heavy atom. The largest absolute Gasteiger partial charge is 0.491 e. The van der Waals surface area contributed by atoms with Crippen LogP contribution in [0.3, 0.4) is 0 Å². The monoisotopic (exact) mass is 213 g/mol. The minimum atomic E-state index is -0.304. The Bertz CT molecular complexity index is 315. The van der Waals surface area contributed by atoms with Crippen LogP contribution in [0.5, 0.6) is 5.75 Å². The molecule has 0 spiro atoms. The predicted molar refractivity (Wildman–Crippen MR) is 56.4 cm³/mol. The van der Waals surface area contributed by atoms with Crippen LogP contribution in [0.15, 0.2) is 18.2 Å². The lowest BCUT2D eigenvalue weighted by Gasteiger charge is -2.13. The quantitative estimate of drug-likeness (QED) is 0.759. The Morgan fingerprint density at radius 3 is 2.73 bits per heavy atom. The molecular formula is C11H16FNO2. The fourth-order valence-electron chi connectivity index (χ4n) is 1.24. The zero-order valence-electron chi connectivity index (χ0n) is 9.00. The molecule has 1 rings (SSSR count). The third-order valence-electron chi connectivity index (χ3n) is 2.01. The molecule has 0 radical (unpaired) electrons. The van der Waals surface area contributed by atoms with E-state index in [9.17, 15) is 4.39 Å². The van der Waals surface area contributed by atoms with Crippen molar-refractivity contribution in [3.63, 3.8) is 0 Å². The summed E-state index contributed by atoms with van der Waals surface area (Å²) in [4.78, 5) is 0. The molecule has 0 fully saturated rings. The van der Waals surface area contributed by atoms with Gasteiger partial charge in [0.25, 0.3) is 0 Å². The lowest BCUT2D eigenvalue weighted by Crippen LogP contribution is -2.11. The first-order valence-corrected chi connectivity index (χ1v) is 4.82. The molecule has 0 saturated carbocycles. The second-order valence-electron chi connectivity index (χ2n) is 3.31. The molecule has 1 atom stereocenters. The summed E-state index contributed by atoms with van der Waals surface area (Å²) in [6.45, 7) is 2.72. The van der Waals surface area contributed by atoms with Gasteiger partial charge in [-0.1, -0.05) is 0 Å². The van der Waals surface area contributed by atoms with E-state index < -0.39 is 0 Å². The molecule has 0 aliphatic carbocycles. The summed E-state index contributed by atoms with van der Waals surface area (Å²) in [5.41, 5.74) is 6.38. The number of halogens is 1. The van der Waals surface area contributed by atoms with E-state index in [-0.39, 0.29) is 11.9 Å². The topological polar surface area (TPSA) is 44.5 Å². The van der Waals surface area contributed by atoms with Gasteiger partial charge in [0.05, 0.1) is 6.61 Å². The first-order valence-electron chi connectivity index (χ1n) is 4.82. The second-order valence-corrected chi connectivity index (χ2v) is 3.31. The van der Waals surface area contributed by atoms with Gasteiger partial charge < -0.3 is 15.2 Å². The molecule has 0 aliphatic rings. The van der Waals surface area contributed by atoms with E-state index in [1.165, 1.54) is 12.1 Å². The molecule has 1 aromatic rings. The van der Waals surface area contributed by atoms with Crippen molar-refractivity contribution in [2.75, 3.05) is 20.3 Å². The third kappa shape index (κ3) is 3.49. The van der Waals surface area contributed by atoms with Crippen LogP contribution in [0.25, 0.3) is 0 Å². The molecule has 0 bridgehead atoms. The Labute approximate surface area is 89.0 Å². The number of hydrogen-bond acceptors (Lipinski definition) is 3. The molecule has 0 aromatic heterocycles. The van der Waals surface area contributed by atoms with E-state index in [4.69, 9.17) is 15.2 Å². The molecule has 2 N–H and O–H groups in total. The van der Waals surface area contributed by atoms with Gasteiger partial charge in [-0.2, -0.15) is 0 Å². The maximum atomic E-state index is 13.0. The van der Waals surface area contributed by atoms with Crippen LogP contribution in [0.2, 0.25) is 0 Å². The standard InChI is InChI=1S/C11H16FNO2/c1-8(13)10-7-9(12)3-4-11(10)15-6-5-14-2/h3-4,7-8H,5-6,13H2,1-2H3/t8-/m0/s1. The van der Waals surface area contributed by atoms with Gasteiger partial charge in [-0.15, -0.1) is 0 Å². The van der Waals surface area contributed by atoms with Gasteiger partial charge in [-0.3, -0.25) is 0 Å². The molecule has 0 unspecified atom stereocenters. The van der Waals surface area contributed by atoms with Gasteiger partial charge in [-0.05, 0) is 25.1 Å². The van der Waals surface area contributed by atoms with Crippen molar-refractivity contribution in [2.24, 2.45) is 5.73 Å². The summed E-state index contributed by atoms with van der Waals surface area (Å²) in [6.07, 6.45) is 0. The third-order valence-corrected chi connectivity index (χ3v) is 2.01. The fourth-order valence-corrected chi connectivity index (χ4v) is 1.24. The van der Waals surface area contributed by atoms with Crippen LogP contribution in [-0.4, -0.2) is 20.3 Å². The fraction of sp³-hybridized carbons (Fsp3) is 0.455. The van der Waals surface area contributed by atoms with Gasteiger partial charge in [0.2, 0.25) is 0 Å². The highest BCUT2D eigenvalue weighted by Gasteiger charge is 2.09. The Kier molecular flexibility index (Phi) is 4.52. The first kappa shape index (κ1) is 11.9. The zero-order chi connectivity index (χ0) is 11.3. The summed E-state index contributed by atoms with van der Waals surface area (Å²) in [6, 6.07) is 4.09. The van der Waals surface area contributed by atoms with Gasteiger partial charge in [0, 0.05) is 18.7 Å². The summed E-state index contributed by atoms with van der Waals surface area (Å²) >= 11 is 0. The molecule has 1 aromatic carbocycles. The lowest BCUT2D eigenvalue weighted by molar-refractivity contribution is 0.145. The Morgan fingerprint density at radius 1 is 1.40 bits per heavy atom. The maximum Gasteiger partial charge on any atom is 0.124 e. The van der Waals surface area contributed by atoms with E-state index in [0.29, 0.717) is 24.5 Å². The number of benzene rings is 1. The average Bonchev–Trinajstić information content (AvgIpc) is 2.20. The summed E-state index contributed by atoms with van der Waals surface area (Å²) in [5.74, 6) is 0.310. The highest BCUT2D eigenvalue weighted by Crippen LogP contribution is 2.24. The molecular weight excluding hydrogens is 197 g/mol. The lowest BCUT2D eigenvalue weighted by atomic mass is 10.1. The second kappa shape index (κ2) is 5.68. The van der Waals surface area contributed by atoms with E-state index in [1.807, 2.05) is 0 Å². The maximum absolute atomic E-state index is 13.0. The van der Waals surface area contributed by atoms with Crippen molar-refractivity contribution in [1.29, 1.82) is 0 Å². The minimum Gasteiger partial charge on any atom is -0.491 e. The molecule has 4 heteroatoms. The van der Waals surface area contributed by atoms with Crippen molar-refractivity contribution in [3.05, 3.63) is 29.6 Å². The molecule has 0 saturated heterocycles. The van der Waals surface area contributed by atoms with E-state index in [0.717, 1.165) is 0 Å². The predicted octanol–water partition coefficient (Wildman–Crippen LogP) is 1.87. The Hall–Kier alpha value is -1.13. The Balaban J connectivity index is 2.77. The average molecular weight is 213 g/mol. The summed E-state index contributed by atoms with van der Waals surface area (Å²) in [7, 11) is 1.60. The van der Waals surface area contributed by atoms with Crippen molar-refractivity contribution < 1.29 is 13.9 Å². The van der Waals surface area contributed by atoms with Crippen molar-refractivity contribution in [1.82, 2.24) is 0 Å². The van der Waals surface area contributed by atoms with Crippen molar-refractivity contribution in [2.45, 2.75) is 13.0 Å². The molecule has 3 nitrogen and oxygen atoms in total. The van der Waals surface area contributed by atoms with E-state index >= 15 is 0 Å². The van der Waals surface area contributed by atoms with Gasteiger partial charge in [-0.25, -0.2) is 4.39 Å². The smallest absolute Gasteiger partial charge is 0.124 e. The summed E-state index contributed by atoms with van der Waals surface area (Å²) < 4.78 is 23.2. The molecule has 84 valence electrons. The number of ether oxygens (including phenoxy) is 2. The van der Waals surface area contributed by atoms with E-state index in [1.54, 1.807) is 20.1 Å². The van der Waals surface area contributed by atoms with Crippen LogP contribution >= 0.6 is 0 Å². The normalized spacial score (nSPS) is 12.5. The first-order chi connectivity index (χ1) is 7.15. The number of hydrogen-bond donors (Lipinski definition) is 1. The molecule has 0 aliphatic heterocycles. The number of nitrogens with two attached hydrogens (primary N) is 1. The van der Waals surface area contributed by atoms with Gasteiger partial charge in [0.1, 0.15) is 18.2 Å². The van der Waals surface area contributed by atoms with Crippen molar-refractivity contribution in [3.8, 4) is 5.75 Å². The van der Waals surface area contributed by atoms with Crippen LogP contribution < -0.4 is 10.5 Å². The van der Waals surface area contributed by atoms with Crippen LogP contribution in [-0.2, 0) is 4.74 Å². The summed E-state index contributed by atoms with van der Waals surface area (Å²) in [5, 5.41) is 0. The van der Waals surface area contributed by atoms with Gasteiger partial charge in [0.15, 0.2) is 0 Å². The minimum absolute atomic E-state index is 0.252. The highest BCUT2D eigenvalue weighted by molar-refractivity contribution is 5.36. The molecule has 0 heterocycles. The van der Waals surface area contributed by atoms with Crippen LogP contribution in [0, 0.1) is 5.82 Å². The van der Waals surface area contributed by atoms with Crippen LogP contribution in [0.1, 0.15) is 18.5 Å². The zero-order valence-corrected chi connectivity index (χ0v) is 9.00. The molecule has 15 heavy (non-hydrogen) atoms. The SMILES string of the molecule is COCCOc1ccc(F)cc1[C@H](C)N. The number of rotatable bonds is 5. The van der Waals surface area contributed by atoms with Crippen LogP contribution in [0.4, 0.5) is 4.39 Å². The molecule has 0 amide bonds. The number of methoxy groups -OCH3 is 1. The van der Waals surface area contributed by atoms with E-state index in [2.05, 4.69) is 0 Å².